The molecular formula is C20H15Br2Cl2FeN3. The number of hydrogen-bond donors (Lipinski definition) is 1. The number of pyridine rings is 2. The van der Waals surface area contributed by atoms with Crippen LogP contribution in [0.15, 0.2) is 70.1 Å². The van der Waals surface area contributed by atoms with Gasteiger partial charge in [-0.3, -0.25) is 0 Å². The predicted molar refractivity (Wildman–Crippen MR) is 125 cm³/mol. The third-order valence-corrected chi connectivity index (χ3v) is 7.56. The molecule has 0 saturated heterocycles. The van der Waals surface area contributed by atoms with Crippen molar-refractivity contribution in [3.8, 4) is 0 Å². The van der Waals surface area contributed by atoms with Crippen molar-refractivity contribution < 1.29 is 15.0 Å². The number of benzene rings is 2. The van der Waals surface area contributed by atoms with Gasteiger partial charge in [0.25, 0.3) is 0 Å². The molecule has 0 amide bonds. The van der Waals surface area contributed by atoms with Crippen LogP contribution in [-0.4, -0.2) is 9.97 Å². The van der Waals surface area contributed by atoms with Gasteiger partial charge in [-0.1, -0.05) is 0 Å². The molecule has 0 spiro atoms. The second-order valence-electron chi connectivity index (χ2n) is 5.54. The summed E-state index contributed by atoms with van der Waals surface area (Å²) < 4.78 is 4.19. The number of fused-ring (bicyclic) bond motifs is 3. The van der Waals surface area contributed by atoms with Crippen LogP contribution in [0.4, 0.5) is 0 Å². The zero-order valence-corrected chi connectivity index (χ0v) is 20.2. The van der Waals surface area contributed by atoms with E-state index in [9.17, 15) is 0 Å². The Hall–Kier alpha value is -0.981. The molecule has 0 unspecified atom stereocenters. The Morgan fingerprint density at radius 3 is 2.04 bits per heavy atom. The molecule has 2 aromatic heterocycles. The SMILES string of the molecule is C=[C]([Fe][c]1c(Br)cccc1Br)c1ccc2ccc3ccc(Cl)nc3c2n1.Cl.N. The summed E-state index contributed by atoms with van der Waals surface area (Å²) >= 11 is 14.0. The van der Waals surface area contributed by atoms with Crippen LogP contribution in [0.25, 0.3) is 26.3 Å². The molecule has 2 aromatic carbocycles. The van der Waals surface area contributed by atoms with Crippen molar-refractivity contribution in [2.45, 2.75) is 0 Å². The van der Waals surface area contributed by atoms with Crippen molar-refractivity contribution in [1.82, 2.24) is 16.1 Å². The first-order valence-corrected chi connectivity index (χ1v) is 10.7. The van der Waals surface area contributed by atoms with E-state index in [1.807, 2.05) is 36.4 Å². The Kier molecular flexibility index (Phi) is 8.06. The number of halogens is 4. The number of nitrogens with zero attached hydrogens (tertiary/aromatic N) is 2. The molecule has 2 heterocycles. The van der Waals surface area contributed by atoms with Gasteiger partial charge in [0.05, 0.1) is 0 Å². The van der Waals surface area contributed by atoms with Crippen molar-refractivity contribution in [3.63, 3.8) is 0 Å². The van der Waals surface area contributed by atoms with E-state index in [4.69, 9.17) is 16.6 Å². The molecule has 0 aliphatic carbocycles. The molecule has 0 radical (unpaired) electrons. The number of hydrogen-bond acceptors (Lipinski definition) is 3. The van der Waals surface area contributed by atoms with Crippen molar-refractivity contribution >= 4 is 86.6 Å². The Morgan fingerprint density at radius 2 is 1.39 bits per heavy atom. The molecule has 28 heavy (non-hydrogen) atoms. The first-order chi connectivity index (χ1) is 12.5. The van der Waals surface area contributed by atoms with Crippen LogP contribution < -0.4 is 10.6 Å². The molecule has 8 heteroatoms. The van der Waals surface area contributed by atoms with Gasteiger partial charge in [-0.05, 0) is 0 Å². The molecule has 4 aromatic rings. The smallest absolute Gasteiger partial charge is 0.147 e. The minimum Gasteiger partial charge on any atom is -0.344 e. The molecule has 3 nitrogen and oxygen atoms in total. The van der Waals surface area contributed by atoms with Gasteiger partial charge in [-0.2, -0.15) is 0 Å². The summed E-state index contributed by atoms with van der Waals surface area (Å²) in [4.78, 5) is 9.32. The fourth-order valence-corrected chi connectivity index (χ4v) is 5.40. The van der Waals surface area contributed by atoms with E-state index in [2.05, 4.69) is 55.6 Å². The van der Waals surface area contributed by atoms with Gasteiger partial charge in [-0.15, -0.1) is 12.4 Å². The summed E-state index contributed by atoms with van der Waals surface area (Å²) in [6, 6.07) is 18.0. The summed E-state index contributed by atoms with van der Waals surface area (Å²) in [6.07, 6.45) is 0. The minimum absolute atomic E-state index is 0. The van der Waals surface area contributed by atoms with E-state index in [1.165, 1.54) is 0 Å². The van der Waals surface area contributed by atoms with Gasteiger partial charge >= 0.3 is 180 Å². The van der Waals surface area contributed by atoms with Gasteiger partial charge < -0.3 is 6.15 Å². The molecule has 0 atom stereocenters. The monoisotopic (exact) mass is 581 g/mol. The topological polar surface area (TPSA) is 60.8 Å². The van der Waals surface area contributed by atoms with E-state index in [-0.39, 0.29) is 18.6 Å². The van der Waals surface area contributed by atoms with E-state index in [1.54, 1.807) is 6.07 Å². The molecule has 4 rings (SSSR count). The van der Waals surface area contributed by atoms with Crippen LogP contribution in [0.3, 0.4) is 0 Å². The fraction of sp³-hybridized carbons (Fsp3) is 0. The zero-order chi connectivity index (χ0) is 18.3. The van der Waals surface area contributed by atoms with Gasteiger partial charge in [0, 0.05) is 0 Å². The number of aromatic nitrogens is 2. The molecular weight excluding hydrogens is 569 g/mol. The third-order valence-electron chi connectivity index (χ3n) is 3.85. The normalized spacial score (nSPS) is 10.5. The van der Waals surface area contributed by atoms with Crippen LogP contribution in [0.5, 0.6) is 0 Å². The first-order valence-electron chi connectivity index (χ1n) is 7.64. The average molecular weight is 584 g/mol. The Bertz CT molecular complexity index is 1160. The van der Waals surface area contributed by atoms with E-state index in [0.29, 0.717) is 20.1 Å². The summed E-state index contributed by atoms with van der Waals surface area (Å²) in [5.41, 5.74) is 2.51. The maximum Gasteiger partial charge on any atom is -0.147 e. The Morgan fingerprint density at radius 1 is 0.857 bits per heavy atom. The van der Waals surface area contributed by atoms with Crippen molar-refractivity contribution in [2.24, 2.45) is 0 Å². The van der Waals surface area contributed by atoms with Crippen molar-refractivity contribution in [1.29, 1.82) is 0 Å². The fourth-order valence-electron chi connectivity index (χ4n) is 2.60. The van der Waals surface area contributed by atoms with Crippen LogP contribution in [0, 0.1) is 0 Å². The molecule has 0 saturated carbocycles. The van der Waals surface area contributed by atoms with E-state index >= 15 is 0 Å². The van der Waals surface area contributed by atoms with E-state index < -0.39 is 0 Å². The van der Waals surface area contributed by atoms with Gasteiger partial charge in [-0.25, -0.2) is 0 Å². The Labute approximate surface area is 197 Å². The van der Waals surface area contributed by atoms with Crippen LogP contribution in [0.2, 0.25) is 5.15 Å². The second-order valence-corrected chi connectivity index (χ2v) is 9.13. The maximum atomic E-state index is 6.10. The zero-order valence-electron chi connectivity index (χ0n) is 14.4. The van der Waals surface area contributed by atoms with Crippen LogP contribution in [0.1, 0.15) is 5.69 Å². The molecule has 0 fully saturated rings. The maximum absolute atomic E-state index is 6.10. The summed E-state index contributed by atoms with van der Waals surface area (Å²) in [5, 5.41) is 2.52. The Balaban J connectivity index is 0.00000140. The summed E-state index contributed by atoms with van der Waals surface area (Å²) in [6.45, 7) is 4.26. The summed E-state index contributed by atoms with van der Waals surface area (Å²) in [7, 11) is 0. The molecule has 3 N–H and O–H groups in total. The largest absolute Gasteiger partial charge is 0.344 e. The molecule has 0 aliphatic rings. The quantitative estimate of drug-likeness (QED) is 0.162. The summed E-state index contributed by atoms with van der Waals surface area (Å²) in [5.74, 6) is 0. The van der Waals surface area contributed by atoms with Crippen LogP contribution >= 0.6 is 55.9 Å². The molecule has 0 aliphatic heterocycles. The first kappa shape index (κ1) is 23.3. The number of rotatable bonds is 3. The molecule has 0 bridgehead atoms. The van der Waals surface area contributed by atoms with E-state index in [0.717, 1.165) is 45.4 Å². The average Bonchev–Trinajstić information content (AvgIpc) is 2.64. The van der Waals surface area contributed by atoms with Crippen molar-refractivity contribution in [3.05, 3.63) is 81.0 Å². The van der Waals surface area contributed by atoms with Crippen LogP contribution in [-0.2, 0) is 15.0 Å². The second kappa shape index (κ2) is 9.68. The standard InChI is InChI=1S/C14H8ClN2.C6H3Br2.ClH.Fe.H3N/c1-2-11-7-5-9-3-4-10-6-8-12(15)17-14(10)13(9)16-11;7-5-2-1-3-6(8)4-5;;;/h3-8H,1H2;1-3H;1H;;1H3. The minimum atomic E-state index is 0. The van der Waals surface area contributed by atoms with Gasteiger partial charge in [0.15, 0.2) is 0 Å². The predicted octanol–water partition coefficient (Wildman–Crippen LogP) is 6.92. The van der Waals surface area contributed by atoms with Gasteiger partial charge in [0.2, 0.25) is 0 Å². The van der Waals surface area contributed by atoms with Crippen molar-refractivity contribution in [2.75, 3.05) is 0 Å². The molecule has 146 valence electrons. The third kappa shape index (κ3) is 4.60. The van der Waals surface area contributed by atoms with Gasteiger partial charge in [0.1, 0.15) is 0 Å².